The number of rotatable bonds is 5. The molecule has 26 heavy (non-hydrogen) atoms. The van der Waals surface area contributed by atoms with Gasteiger partial charge in [0.2, 0.25) is 0 Å². The van der Waals surface area contributed by atoms with Crippen molar-refractivity contribution in [2.24, 2.45) is 0 Å². The van der Waals surface area contributed by atoms with Crippen LogP contribution in [-0.2, 0) is 9.84 Å². The van der Waals surface area contributed by atoms with E-state index in [2.05, 4.69) is 29.5 Å². The van der Waals surface area contributed by atoms with E-state index in [1.807, 2.05) is 24.3 Å². The molecule has 2 N–H and O–H groups in total. The molecule has 1 aliphatic rings. The lowest BCUT2D eigenvalue weighted by molar-refractivity contribution is 0.102. The minimum absolute atomic E-state index is 0.119. The van der Waals surface area contributed by atoms with Crippen LogP contribution in [-0.4, -0.2) is 36.9 Å². The second kappa shape index (κ2) is 7.45. The van der Waals surface area contributed by atoms with Gasteiger partial charge >= 0.3 is 0 Å². The van der Waals surface area contributed by atoms with Gasteiger partial charge in [-0.2, -0.15) is 0 Å². The smallest absolute Gasteiger partial charge is 0.257 e. The lowest BCUT2D eigenvalue weighted by Gasteiger charge is -2.12. The molecule has 1 fully saturated rings. The van der Waals surface area contributed by atoms with Gasteiger partial charge in [-0.3, -0.25) is 4.79 Å². The quantitative estimate of drug-likeness (QED) is 0.841. The van der Waals surface area contributed by atoms with E-state index >= 15 is 0 Å². The molecule has 1 aliphatic heterocycles. The molecule has 1 aromatic carbocycles. The Hall–Kier alpha value is -2.41. The van der Waals surface area contributed by atoms with Gasteiger partial charge in [-0.05, 0) is 42.2 Å². The van der Waals surface area contributed by atoms with Gasteiger partial charge < -0.3 is 10.6 Å². The van der Waals surface area contributed by atoms with Crippen molar-refractivity contribution in [2.45, 2.75) is 32.2 Å². The fourth-order valence-electron chi connectivity index (χ4n) is 2.89. The van der Waals surface area contributed by atoms with Crippen LogP contribution in [0.5, 0.6) is 0 Å². The van der Waals surface area contributed by atoms with Crippen molar-refractivity contribution in [3.8, 4) is 0 Å². The fourth-order valence-corrected chi connectivity index (χ4v) is 4.56. The Balaban J connectivity index is 1.60. The number of hydrogen-bond acceptors (Lipinski definition) is 5. The lowest BCUT2D eigenvalue weighted by Crippen LogP contribution is -2.21. The van der Waals surface area contributed by atoms with E-state index < -0.39 is 9.84 Å². The molecule has 1 unspecified atom stereocenters. The largest absolute Gasteiger partial charge is 0.366 e. The molecule has 1 saturated heterocycles. The SMILES string of the molecule is CC(C)c1ccc(NC(=O)c2ccc(NC3CCS(=O)(=O)C3)nc2)cc1. The number of nitrogens with one attached hydrogen (secondary N) is 2. The van der Waals surface area contributed by atoms with E-state index in [1.54, 1.807) is 12.1 Å². The highest BCUT2D eigenvalue weighted by Gasteiger charge is 2.27. The zero-order chi connectivity index (χ0) is 18.7. The van der Waals surface area contributed by atoms with Crippen molar-refractivity contribution in [1.82, 2.24) is 4.98 Å². The summed E-state index contributed by atoms with van der Waals surface area (Å²) in [4.78, 5) is 16.5. The van der Waals surface area contributed by atoms with Crippen LogP contribution in [0.25, 0.3) is 0 Å². The van der Waals surface area contributed by atoms with Crippen molar-refractivity contribution in [3.05, 3.63) is 53.7 Å². The molecule has 6 nitrogen and oxygen atoms in total. The van der Waals surface area contributed by atoms with Gasteiger partial charge in [0.15, 0.2) is 9.84 Å². The molecule has 1 atom stereocenters. The molecule has 1 amide bonds. The van der Waals surface area contributed by atoms with Crippen LogP contribution in [0, 0.1) is 0 Å². The Morgan fingerprint density at radius 3 is 2.42 bits per heavy atom. The summed E-state index contributed by atoms with van der Waals surface area (Å²) in [7, 11) is -2.93. The third-order valence-electron chi connectivity index (χ3n) is 4.45. The Morgan fingerprint density at radius 1 is 1.15 bits per heavy atom. The average Bonchev–Trinajstić information content (AvgIpc) is 2.94. The number of sulfone groups is 1. The normalized spacial score (nSPS) is 18.7. The van der Waals surface area contributed by atoms with Gasteiger partial charge in [-0.1, -0.05) is 26.0 Å². The van der Waals surface area contributed by atoms with Crippen LogP contribution in [0.1, 0.15) is 42.1 Å². The summed E-state index contributed by atoms with van der Waals surface area (Å²) < 4.78 is 23.0. The number of carbonyl (C=O) groups excluding carboxylic acids is 1. The highest BCUT2D eigenvalue weighted by atomic mass is 32.2. The van der Waals surface area contributed by atoms with Crippen LogP contribution in [0.15, 0.2) is 42.6 Å². The van der Waals surface area contributed by atoms with E-state index in [0.29, 0.717) is 23.7 Å². The molecular weight excluding hydrogens is 350 g/mol. The zero-order valence-corrected chi connectivity index (χ0v) is 15.7. The summed E-state index contributed by atoms with van der Waals surface area (Å²) >= 11 is 0. The van der Waals surface area contributed by atoms with Gasteiger partial charge in [-0.25, -0.2) is 13.4 Å². The first kappa shape index (κ1) is 18.4. The Morgan fingerprint density at radius 2 is 1.88 bits per heavy atom. The number of aromatic nitrogens is 1. The minimum atomic E-state index is -2.93. The maximum absolute atomic E-state index is 12.3. The zero-order valence-electron chi connectivity index (χ0n) is 14.9. The number of pyridine rings is 1. The van der Waals surface area contributed by atoms with Gasteiger partial charge in [0.1, 0.15) is 5.82 Å². The molecule has 0 radical (unpaired) electrons. The van der Waals surface area contributed by atoms with Crippen LogP contribution in [0.4, 0.5) is 11.5 Å². The lowest BCUT2D eigenvalue weighted by atomic mass is 10.0. The van der Waals surface area contributed by atoms with Gasteiger partial charge in [0, 0.05) is 17.9 Å². The Kier molecular flexibility index (Phi) is 5.27. The molecule has 1 aromatic heterocycles. The number of hydrogen-bond donors (Lipinski definition) is 2. The fraction of sp³-hybridized carbons (Fsp3) is 0.368. The first-order valence-corrected chi connectivity index (χ1v) is 10.5. The summed E-state index contributed by atoms with van der Waals surface area (Å²) in [6.45, 7) is 4.24. The number of carbonyl (C=O) groups is 1. The van der Waals surface area contributed by atoms with E-state index in [4.69, 9.17) is 0 Å². The van der Waals surface area contributed by atoms with E-state index in [1.165, 1.54) is 11.8 Å². The van der Waals surface area contributed by atoms with E-state index in [-0.39, 0.29) is 23.5 Å². The van der Waals surface area contributed by atoms with Crippen molar-refractivity contribution < 1.29 is 13.2 Å². The summed E-state index contributed by atoms with van der Waals surface area (Å²) in [5.41, 5.74) is 2.40. The monoisotopic (exact) mass is 373 g/mol. The van der Waals surface area contributed by atoms with Crippen molar-refractivity contribution >= 4 is 27.2 Å². The molecule has 2 heterocycles. The van der Waals surface area contributed by atoms with Crippen molar-refractivity contribution in [3.63, 3.8) is 0 Å². The van der Waals surface area contributed by atoms with Crippen LogP contribution >= 0.6 is 0 Å². The standard InChI is InChI=1S/C19H23N3O3S/c1-13(2)14-3-6-16(7-4-14)22-19(23)15-5-8-18(20-11-15)21-17-9-10-26(24,25)12-17/h3-8,11,13,17H,9-10,12H2,1-2H3,(H,20,21)(H,22,23). The van der Waals surface area contributed by atoms with Gasteiger partial charge in [0.05, 0.1) is 17.1 Å². The third-order valence-corrected chi connectivity index (χ3v) is 6.21. The summed E-state index contributed by atoms with van der Waals surface area (Å²) in [5.74, 6) is 1.12. The van der Waals surface area contributed by atoms with E-state index in [0.717, 1.165) is 5.69 Å². The average molecular weight is 373 g/mol. The highest BCUT2D eigenvalue weighted by Crippen LogP contribution is 2.19. The van der Waals surface area contributed by atoms with Gasteiger partial charge in [-0.15, -0.1) is 0 Å². The molecule has 0 aliphatic carbocycles. The summed E-state index contributed by atoms with van der Waals surface area (Å²) in [6, 6.07) is 11.0. The van der Waals surface area contributed by atoms with Gasteiger partial charge in [0.25, 0.3) is 5.91 Å². The molecule has 7 heteroatoms. The summed E-state index contributed by atoms with van der Waals surface area (Å²) in [5, 5.41) is 5.96. The maximum Gasteiger partial charge on any atom is 0.257 e. The maximum atomic E-state index is 12.3. The van der Waals surface area contributed by atoms with Crippen molar-refractivity contribution in [2.75, 3.05) is 22.1 Å². The van der Waals surface area contributed by atoms with Crippen LogP contribution in [0.3, 0.4) is 0 Å². The molecule has 0 spiro atoms. The number of nitrogens with zero attached hydrogens (tertiary/aromatic N) is 1. The second-order valence-electron chi connectivity index (χ2n) is 6.91. The second-order valence-corrected chi connectivity index (χ2v) is 9.14. The summed E-state index contributed by atoms with van der Waals surface area (Å²) in [6.07, 6.45) is 2.07. The Labute approximate surface area is 154 Å². The topological polar surface area (TPSA) is 88.2 Å². The Bertz CT molecular complexity index is 875. The predicted octanol–water partition coefficient (Wildman–Crippen LogP) is 3.06. The first-order chi connectivity index (χ1) is 12.3. The number of amides is 1. The van der Waals surface area contributed by atoms with Crippen LogP contribution < -0.4 is 10.6 Å². The number of benzene rings is 1. The molecule has 2 aromatic rings. The first-order valence-electron chi connectivity index (χ1n) is 8.67. The van der Waals surface area contributed by atoms with E-state index in [9.17, 15) is 13.2 Å². The van der Waals surface area contributed by atoms with Crippen molar-refractivity contribution in [1.29, 1.82) is 0 Å². The highest BCUT2D eigenvalue weighted by molar-refractivity contribution is 7.91. The molecular formula is C19H23N3O3S. The molecule has 138 valence electrons. The molecule has 0 bridgehead atoms. The molecule has 0 saturated carbocycles. The molecule has 3 rings (SSSR count). The minimum Gasteiger partial charge on any atom is -0.366 e. The third kappa shape index (κ3) is 4.60. The number of anilines is 2. The van der Waals surface area contributed by atoms with Crippen LogP contribution in [0.2, 0.25) is 0 Å². The predicted molar refractivity (Wildman–Crippen MR) is 103 cm³/mol.